The first-order valence-corrected chi connectivity index (χ1v) is 10.4. The average Bonchev–Trinajstić information content (AvgIpc) is 3.36. The summed E-state index contributed by atoms with van der Waals surface area (Å²) in [7, 11) is 0. The van der Waals surface area contributed by atoms with Crippen molar-refractivity contribution in [3.05, 3.63) is 35.1 Å². The van der Waals surface area contributed by atoms with Crippen LogP contribution in [0.15, 0.2) is 24.5 Å². The summed E-state index contributed by atoms with van der Waals surface area (Å²) in [5.74, 6) is -0.416. The molecule has 1 heterocycles. The van der Waals surface area contributed by atoms with Gasteiger partial charge in [0, 0.05) is 17.6 Å². The Bertz CT molecular complexity index is 891. The van der Waals surface area contributed by atoms with Gasteiger partial charge in [0.1, 0.15) is 6.33 Å². The molecule has 10 heteroatoms. The monoisotopic (exact) mass is 433 g/mol. The van der Waals surface area contributed by atoms with Crippen molar-refractivity contribution in [1.29, 1.82) is 0 Å². The number of hydrogen-bond donors (Lipinski definition) is 2. The molecule has 2 amide bonds. The number of nitrogens with zero attached hydrogens (tertiary/aromatic N) is 5. The highest BCUT2D eigenvalue weighted by Crippen LogP contribution is 2.29. The van der Waals surface area contributed by atoms with Crippen molar-refractivity contribution in [3.63, 3.8) is 0 Å². The number of nitrogens with one attached hydrogen (secondary N) is 1. The van der Waals surface area contributed by atoms with Gasteiger partial charge in [0.2, 0.25) is 11.8 Å². The Hall–Kier alpha value is -2.52. The molecule has 9 nitrogen and oxygen atoms in total. The summed E-state index contributed by atoms with van der Waals surface area (Å²) in [5, 5.41) is 14.6. The number of aromatic nitrogens is 4. The van der Waals surface area contributed by atoms with Crippen molar-refractivity contribution in [2.24, 2.45) is 11.1 Å². The van der Waals surface area contributed by atoms with Gasteiger partial charge in [-0.3, -0.25) is 9.59 Å². The maximum absolute atomic E-state index is 12.8. The summed E-state index contributed by atoms with van der Waals surface area (Å²) in [6, 6.07) is 4.75. The molecule has 1 aliphatic carbocycles. The second-order valence-electron chi connectivity index (χ2n) is 8.87. The summed E-state index contributed by atoms with van der Waals surface area (Å²) < 4.78 is 1.50. The first-order valence-electron chi connectivity index (χ1n) is 9.98. The molecule has 3 N–H and O–H groups in total. The van der Waals surface area contributed by atoms with Crippen LogP contribution in [0.1, 0.15) is 45.6 Å². The van der Waals surface area contributed by atoms with E-state index in [-0.39, 0.29) is 36.4 Å². The summed E-state index contributed by atoms with van der Waals surface area (Å²) in [5.41, 5.74) is 7.55. The van der Waals surface area contributed by atoms with Crippen LogP contribution in [-0.2, 0) is 16.1 Å². The van der Waals surface area contributed by atoms with Crippen molar-refractivity contribution in [2.45, 2.75) is 58.7 Å². The third-order valence-electron chi connectivity index (χ3n) is 4.85. The van der Waals surface area contributed by atoms with Gasteiger partial charge in [0.05, 0.1) is 18.3 Å². The molecule has 30 heavy (non-hydrogen) atoms. The fraction of sp³-hybridized carbons (Fsp3) is 0.550. The van der Waals surface area contributed by atoms with E-state index < -0.39 is 6.04 Å². The molecule has 0 spiro atoms. The summed E-state index contributed by atoms with van der Waals surface area (Å²) in [6.07, 6.45) is 3.84. The number of hydrogen-bond acceptors (Lipinski definition) is 6. The minimum Gasteiger partial charge on any atom is -0.350 e. The zero-order valence-corrected chi connectivity index (χ0v) is 18.3. The number of carbonyl (C=O) groups excluding carboxylic acids is 2. The Morgan fingerprint density at radius 2 is 2.10 bits per heavy atom. The maximum Gasteiger partial charge on any atom is 0.240 e. The van der Waals surface area contributed by atoms with Crippen LogP contribution >= 0.6 is 11.6 Å². The summed E-state index contributed by atoms with van der Waals surface area (Å²) in [4.78, 5) is 27.1. The largest absolute Gasteiger partial charge is 0.350 e. The fourth-order valence-corrected chi connectivity index (χ4v) is 3.52. The van der Waals surface area contributed by atoms with Gasteiger partial charge < -0.3 is 16.0 Å². The lowest BCUT2D eigenvalue weighted by Crippen LogP contribution is -2.49. The highest BCUT2D eigenvalue weighted by Gasteiger charge is 2.36. The number of benzene rings is 1. The van der Waals surface area contributed by atoms with Crippen LogP contribution in [0.5, 0.6) is 0 Å². The molecule has 0 aliphatic heterocycles. The molecular weight excluding hydrogens is 406 g/mol. The van der Waals surface area contributed by atoms with Gasteiger partial charge in [-0.25, -0.2) is 4.68 Å². The maximum atomic E-state index is 12.8. The molecule has 2 aromatic rings. The first-order chi connectivity index (χ1) is 14.1. The van der Waals surface area contributed by atoms with E-state index in [0.717, 1.165) is 18.4 Å². The molecule has 0 bridgehead atoms. The van der Waals surface area contributed by atoms with Gasteiger partial charge >= 0.3 is 0 Å². The van der Waals surface area contributed by atoms with Crippen LogP contribution in [0, 0.1) is 5.41 Å². The van der Waals surface area contributed by atoms with E-state index in [1.807, 2.05) is 20.8 Å². The zero-order chi connectivity index (χ0) is 21.9. The van der Waals surface area contributed by atoms with Crippen molar-refractivity contribution in [3.8, 4) is 5.69 Å². The number of nitrogens with two attached hydrogens (primary N) is 1. The van der Waals surface area contributed by atoms with Gasteiger partial charge in [-0.05, 0) is 58.9 Å². The second kappa shape index (κ2) is 9.09. The minimum absolute atomic E-state index is 0.0118. The average molecular weight is 434 g/mol. The first kappa shape index (κ1) is 22.2. The molecule has 0 radical (unpaired) electrons. The summed E-state index contributed by atoms with van der Waals surface area (Å²) in [6.45, 7) is 6.35. The SMILES string of the molecule is CC(C)(C)C[C@@H](N)C(=O)N(CC(=O)NCc1cc(Cl)ccc1-n1cnnn1)C1CC1. The number of rotatable bonds is 8. The van der Waals surface area contributed by atoms with E-state index in [9.17, 15) is 9.59 Å². The van der Waals surface area contributed by atoms with Crippen LogP contribution in [0.25, 0.3) is 5.69 Å². The highest BCUT2D eigenvalue weighted by atomic mass is 35.5. The lowest BCUT2D eigenvalue weighted by atomic mass is 9.88. The normalized spacial score (nSPS) is 15.0. The van der Waals surface area contributed by atoms with Crippen LogP contribution in [-0.4, -0.2) is 55.5 Å². The van der Waals surface area contributed by atoms with Gasteiger partial charge in [0.25, 0.3) is 0 Å². The van der Waals surface area contributed by atoms with Crippen LogP contribution in [0.4, 0.5) is 0 Å². The summed E-state index contributed by atoms with van der Waals surface area (Å²) >= 11 is 6.12. The Morgan fingerprint density at radius 1 is 1.37 bits per heavy atom. The minimum atomic E-state index is -0.613. The predicted octanol–water partition coefficient (Wildman–Crippen LogP) is 1.69. The standard InChI is InChI=1S/C20H28ClN7O2/c1-20(2,3)9-16(22)19(30)27(15-5-6-15)11-18(29)23-10-13-8-14(21)4-7-17(13)28-12-24-25-26-28/h4,7-8,12,15-16H,5-6,9-11,22H2,1-3H3,(H,23,29)/t16-/m1/s1. The smallest absolute Gasteiger partial charge is 0.240 e. The molecule has 1 aromatic carbocycles. The molecule has 3 rings (SSSR count). The van der Waals surface area contributed by atoms with Crippen molar-refractivity contribution >= 4 is 23.4 Å². The van der Waals surface area contributed by atoms with E-state index in [2.05, 4.69) is 20.8 Å². The fourth-order valence-electron chi connectivity index (χ4n) is 3.33. The molecule has 1 aromatic heterocycles. The predicted molar refractivity (Wildman–Crippen MR) is 113 cm³/mol. The van der Waals surface area contributed by atoms with Crippen molar-refractivity contribution in [2.75, 3.05) is 6.54 Å². The molecule has 1 fully saturated rings. The Kier molecular flexibility index (Phi) is 6.72. The van der Waals surface area contributed by atoms with Gasteiger partial charge in [-0.1, -0.05) is 32.4 Å². The molecule has 162 valence electrons. The Labute approximate surface area is 180 Å². The van der Waals surface area contributed by atoms with E-state index in [1.165, 1.54) is 11.0 Å². The molecule has 1 saturated carbocycles. The molecule has 1 aliphatic rings. The lowest BCUT2D eigenvalue weighted by Gasteiger charge is -2.28. The number of halogens is 1. The van der Waals surface area contributed by atoms with Crippen LogP contribution in [0.2, 0.25) is 5.02 Å². The molecular formula is C20H28ClN7O2. The number of carbonyl (C=O) groups is 2. The zero-order valence-electron chi connectivity index (χ0n) is 17.5. The Morgan fingerprint density at radius 3 is 2.70 bits per heavy atom. The van der Waals surface area contributed by atoms with E-state index in [1.54, 1.807) is 23.1 Å². The van der Waals surface area contributed by atoms with E-state index in [4.69, 9.17) is 17.3 Å². The van der Waals surface area contributed by atoms with Crippen molar-refractivity contribution < 1.29 is 9.59 Å². The second-order valence-corrected chi connectivity index (χ2v) is 9.31. The molecule has 0 unspecified atom stereocenters. The molecule has 0 saturated heterocycles. The Balaban J connectivity index is 1.63. The van der Waals surface area contributed by atoms with E-state index in [0.29, 0.717) is 17.1 Å². The molecule has 1 atom stereocenters. The number of tetrazole rings is 1. The highest BCUT2D eigenvalue weighted by molar-refractivity contribution is 6.30. The van der Waals surface area contributed by atoms with Crippen molar-refractivity contribution in [1.82, 2.24) is 30.4 Å². The van der Waals surface area contributed by atoms with E-state index >= 15 is 0 Å². The van der Waals surface area contributed by atoms with Gasteiger partial charge in [-0.2, -0.15) is 0 Å². The van der Waals surface area contributed by atoms with Crippen LogP contribution < -0.4 is 11.1 Å². The third kappa shape index (κ3) is 5.99. The lowest BCUT2D eigenvalue weighted by molar-refractivity contribution is -0.138. The topological polar surface area (TPSA) is 119 Å². The van der Waals surface area contributed by atoms with Gasteiger partial charge in [0.15, 0.2) is 0 Å². The third-order valence-corrected chi connectivity index (χ3v) is 5.08. The number of amides is 2. The van der Waals surface area contributed by atoms with Gasteiger partial charge in [-0.15, -0.1) is 5.10 Å². The quantitative estimate of drug-likeness (QED) is 0.653. The van der Waals surface area contributed by atoms with Crippen LogP contribution in [0.3, 0.4) is 0 Å².